The van der Waals surface area contributed by atoms with Crippen LogP contribution < -0.4 is 10.6 Å². The Morgan fingerprint density at radius 2 is 2.11 bits per heavy atom. The van der Waals surface area contributed by atoms with Crippen molar-refractivity contribution in [2.24, 2.45) is 5.92 Å². The first-order valence-corrected chi connectivity index (χ1v) is 6.94. The molecule has 0 bridgehead atoms. The number of hydrogen-bond acceptors (Lipinski definition) is 2. The van der Waals surface area contributed by atoms with Crippen LogP contribution in [0, 0.1) is 5.92 Å². The quantitative estimate of drug-likeness (QED) is 0.819. The summed E-state index contributed by atoms with van der Waals surface area (Å²) in [5.74, 6) is 0.596. The molecule has 0 radical (unpaired) electrons. The number of carbonyl (C=O) groups is 1. The molecule has 2 unspecified atom stereocenters. The van der Waals surface area contributed by atoms with Crippen molar-refractivity contribution < 1.29 is 4.79 Å². The monoisotopic (exact) mass is 264 g/mol. The van der Waals surface area contributed by atoms with Crippen LogP contribution in [-0.4, -0.2) is 19.0 Å². The summed E-state index contributed by atoms with van der Waals surface area (Å²) in [6.07, 6.45) is 3.34. The van der Waals surface area contributed by atoms with Crippen molar-refractivity contribution in [3.63, 3.8) is 0 Å². The lowest BCUT2D eigenvalue weighted by atomic mass is 9.82. The Morgan fingerprint density at radius 1 is 1.22 bits per heavy atom. The van der Waals surface area contributed by atoms with Crippen LogP contribution in [0.3, 0.4) is 0 Å². The van der Waals surface area contributed by atoms with Crippen LogP contribution in [0.1, 0.15) is 30.7 Å². The van der Waals surface area contributed by atoms with E-state index in [1.807, 2.05) is 18.2 Å². The van der Waals surface area contributed by atoms with Gasteiger partial charge in [-0.1, -0.05) is 17.7 Å². The van der Waals surface area contributed by atoms with Crippen molar-refractivity contribution >= 4 is 23.2 Å². The molecule has 0 saturated carbocycles. The summed E-state index contributed by atoms with van der Waals surface area (Å²) in [4.78, 5) is 12.2. The van der Waals surface area contributed by atoms with E-state index in [0.717, 1.165) is 43.6 Å². The average Bonchev–Trinajstić information content (AvgIpc) is 2.54. The molecule has 2 N–H and O–H groups in total. The van der Waals surface area contributed by atoms with Crippen LogP contribution in [0.15, 0.2) is 18.2 Å². The zero-order chi connectivity index (χ0) is 12.5. The zero-order valence-electron chi connectivity index (χ0n) is 10.2. The number of anilines is 1. The Morgan fingerprint density at radius 3 is 3.00 bits per heavy atom. The maximum atomic E-state index is 12.2. The molecule has 2 atom stereocenters. The Bertz CT molecular complexity index is 467. The molecule has 2 heterocycles. The largest absolute Gasteiger partial charge is 0.325 e. The fourth-order valence-electron chi connectivity index (χ4n) is 3.11. The lowest BCUT2D eigenvalue weighted by Crippen LogP contribution is -2.22. The summed E-state index contributed by atoms with van der Waals surface area (Å²) in [6.45, 7) is 2.08. The molecular formula is C14H17ClN2O. The Labute approximate surface area is 112 Å². The van der Waals surface area contributed by atoms with Crippen LogP contribution in [-0.2, 0) is 4.79 Å². The van der Waals surface area contributed by atoms with E-state index in [9.17, 15) is 4.79 Å². The number of halogens is 1. The van der Waals surface area contributed by atoms with E-state index in [-0.39, 0.29) is 11.8 Å². The molecule has 4 heteroatoms. The van der Waals surface area contributed by atoms with Crippen LogP contribution in [0.5, 0.6) is 0 Å². The molecule has 1 aromatic rings. The number of rotatable bonds is 1. The van der Waals surface area contributed by atoms with Crippen molar-refractivity contribution in [1.82, 2.24) is 5.32 Å². The number of hydrogen-bond donors (Lipinski definition) is 2. The summed E-state index contributed by atoms with van der Waals surface area (Å²) in [5.41, 5.74) is 2.02. The summed E-state index contributed by atoms with van der Waals surface area (Å²) in [5, 5.41) is 7.04. The maximum Gasteiger partial charge on any atom is 0.232 e. The fourth-order valence-corrected chi connectivity index (χ4v) is 3.28. The first kappa shape index (κ1) is 12.0. The number of carbonyl (C=O) groups excluding carboxylic acids is 1. The minimum atomic E-state index is 0.0113. The Balaban J connectivity index is 1.90. The van der Waals surface area contributed by atoms with Crippen LogP contribution in [0.25, 0.3) is 0 Å². The van der Waals surface area contributed by atoms with Crippen LogP contribution in [0.2, 0.25) is 5.02 Å². The first-order valence-electron chi connectivity index (χ1n) is 6.57. The minimum absolute atomic E-state index is 0.0113. The standard InChI is InChI=1S/C14H17ClN2O/c15-10-3-4-11-12(8-10)17-14(18)13(11)9-2-1-6-16-7-5-9/h3-4,8-9,13,16H,1-2,5-7H2,(H,17,18). The number of nitrogens with one attached hydrogen (secondary N) is 2. The Hall–Kier alpha value is -1.06. The van der Waals surface area contributed by atoms with Crippen molar-refractivity contribution in [2.45, 2.75) is 25.2 Å². The predicted molar refractivity (Wildman–Crippen MR) is 73.0 cm³/mol. The highest BCUT2D eigenvalue weighted by atomic mass is 35.5. The van der Waals surface area contributed by atoms with Crippen molar-refractivity contribution in [2.75, 3.05) is 18.4 Å². The van der Waals surface area contributed by atoms with E-state index in [1.165, 1.54) is 0 Å². The number of benzene rings is 1. The molecule has 0 aromatic heterocycles. The molecule has 1 aromatic carbocycles. The van der Waals surface area contributed by atoms with E-state index in [1.54, 1.807) is 0 Å². The van der Waals surface area contributed by atoms with Crippen LogP contribution in [0.4, 0.5) is 5.69 Å². The zero-order valence-corrected chi connectivity index (χ0v) is 11.0. The fraction of sp³-hybridized carbons (Fsp3) is 0.500. The van der Waals surface area contributed by atoms with Crippen molar-refractivity contribution in [1.29, 1.82) is 0 Å². The molecule has 3 nitrogen and oxygen atoms in total. The molecular weight excluding hydrogens is 248 g/mol. The van der Waals surface area contributed by atoms with Gasteiger partial charge in [-0.25, -0.2) is 0 Å². The third-order valence-corrected chi connectivity index (χ3v) is 4.22. The van der Waals surface area contributed by atoms with Gasteiger partial charge in [-0.2, -0.15) is 0 Å². The SMILES string of the molecule is O=C1Nc2cc(Cl)ccc2C1C1CCCNCC1. The maximum absolute atomic E-state index is 12.2. The van der Waals surface area contributed by atoms with Gasteiger partial charge >= 0.3 is 0 Å². The van der Waals surface area contributed by atoms with Crippen molar-refractivity contribution in [3.05, 3.63) is 28.8 Å². The number of amides is 1. The highest BCUT2D eigenvalue weighted by Gasteiger charge is 2.36. The van der Waals surface area contributed by atoms with E-state index in [2.05, 4.69) is 10.6 Å². The molecule has 3 rings (SSSR count). The highest BCUT2D eigenvalue weighted by molar-refractivity contribution is 6.31. The molecule has 96 valence electrons. The molecule has 2 aliphatic rings. The summed E-state index contributed by atoms with van der Waals surface area (Å²) in [6, 6.07) is 5.73. The van der Waals surface area contributed by atoms with Gasteiger partial charge in [-0.05, 0) is 56.0 Å². The molecule has 2 aliphatic heterocycles. The Kier molecular flexibility index (Phi) is 3.27. The van der Waals surface area contributed by atoms with E-state index < -0.39 is 0 Å². The lowest BCUT2D eigenvalue weighted by Gasteiger charge is -2.20. The average molecular weight is 265 g/mol. The van der Waals surface area contributed by atoms with Gasteiger partial charge in [0.25, 0.3) is 0 Å². The van der Waals surface area contributed by atoms with E-state index >= 15 is 0 Å². The molecule has 1 saturated heterocycles. The summed E-state index contributed by atoms with van der Waals surface area (Å²) in [7, 11) is 0. The van der Waals surface area contributed by atoms with Gasteiger partial charge in [0.15, 0.2) is 0 Å². The lowest BCUT2D eigenvalue weighted by molar-refractivity contribution is -0.118. The van der Waals surface area contributed by atoms with Gasteiger partial charge in [-0.3, -0.25) is 4.79 Å². The molecule has 1 amide bonds. The van der Waals surface area contributed by atoms with Gasteiger partial charge < -0.3 is 10.6 Å². The third-order valence-electron chi connectivity index (χ3n) is 3.98. The van der Waals surface area contributed by atoms with E-state index in [0.29, 0.717) is 10.9 Å². The van der Waals surface area contributed by atoms with E-state index in [4.69, 9.17) is 11.6 Å². The second-order valence-electron chi connectivity index (χ2n) is 5.14. The van der Waals surface area contributed by atoms with Gasteiger partial charge in [0.1, 0.15) is 0 Å². The molecule has 0 spiro atoms. The van der Waals surface area contributed by atoms with Crippen molar-refractivity contribution in [3.8, 4) is 0 Å². The van der Waals surface area contributed by atoms with Gasteiger partial charge in [0.05, 0.1) is 5.92 Å². The topological polar surface area (TPSA) is 41.1 Å². The summed E-state index contributed by atoms with van der Waals surface area (Å²) < 4.78 is 0. The second kappa shape index (κ2) is 4.90. The highest BCUT2D eigenvalue weighted by Crippen LogP contribution is 2.41. The van der Waals surface area contributed by atoms with Gasteiger partial charge in [0.2, 0.25) is 5.91 Å². The van der Waals surface area contributed by atoms with Gasteiger partial charge in [-0.15, -0.1) is 0 Å². The first-order chi connectivity index (χ1) is 8.75. The smallest absolute Gasteiger partial charge is 0.232 e. The minimum Gasteiger partial charge on any atom is -0.325 e. The predicted octanol–water partition coefficient (Wildman–Crippen LogP) is 2.77. The molecule has 0 aliphatic carbocycles. The van der Waals surface area contributed by atoms with Crippen LogP contribution >= 0.6 is 11.6 Å². The normalized spacial score (nSPS) is 27.5. The molecule has 1 fully saturated rings. The second-order valence-corrected chi connectivity index (χ2v) is 5.58. The summed E-state index contributed by atoms with van der Waals surface area (Å²) >= 11 is 5.97. The molecule has 18 heavy (non-hydrogen) atoms. The third kappa shape index (κ3) is 2.13. The van der Waals surface area contributed by atoms with Gasteiger partial charge in [0, 0.05) is 10.7 Å². The number of fused-ring (bicyclic) bond motifs is 1.